The molecule has 0 aromatic heterocycles. The fourth-order valence-corrected chi connectivity index (χ4v) is 6.47. The molecule has 0 N–H and O–H groups in total. The zero-order chi connectivity index (χ0) is 21.8. The molecule has 30 heavy (non-hydrogen) atoms. The second-order valence-electron chi connectivity index (χ2n) is 6.46. The van der Waals surface area contributed by atoms with Crippen LogP contribution in [-0.4, -0.2) is 52.4 Å². The number of carbonyl (C=O) groups excluding carboxylic acids is 1. The van der Waals surface area contributed by atoms with Gasteiger partial charge in [-0.1, -0.05) is 30.8 Å². The molecule has 6 heterocycles. The summed E-state index contributed by atoms with van der Waals surface area (Å²) in [5.74, 6) is 0.173. The standard InChI is InChI=1S/C8H7ClO3Si.C8H12O5Si.O2Si/c9-5-6-1-3-7(4-2-6)13-10-8(11-13)12-13;1-6(2)7(9)10-4-3-5-14-11-8(12-14)13-14;1-3-2/h1-4,8H,5H2;8H,1,3-5H2,2H3;. The van der Waals surface area contributed by atoms with Gasteiger partial charge in [0, 0.05) is 22.7 Å². The number of ether oxygens (including phenoxy) is 1. The minimum atomic E-state index is -2.31. The Morgan fingerprint density at radius 3 is 2.00 bits per heavy atom. The topological polar surface area (TPSA) is 116 Å². The minimum Gasteiger partial charge on any atom is -0.462 e. The van der Waals surface area contributed by atoms with Crippen LogP contribution in [0.1, 0.15) is 18.9 Å². The second kappa shape index (κ2) is 9.90. The molecule has 1 aromatic rings. The molecule has 0 atom stereocenters. The van der Waals surface area contributed by atoms with E-state index in [1.165, 1.54) is 0 Å². The van der Waals surface area contributed by atoms with Crippen molar-refractivity contribution in [3.8, 4) is 0 Å². The number of hydrogen-bond donors (Lipinski definition) is 0. The van der Waals surface area contributed by atoms with Crippen LogP contribution < -0.4 is 5.19 Å². The van der Waals surface area contributed by atoms with Crippen LogP contribution in [0.3, 0.4) is 0 Å². The fourth-order valence-electron chi connectivity index (χ4n) is 2.63. The Bertz CT molecular complexity index is 795. The molecule has 0 aliphatic carbocycles. The van der Waals surface area contributed by atoms with Crippen molar-refractivity contribution in [3.05, 3.63) is 42.0 Å². The quantitative estimate of drug-likeness (QED) is 0.181. The van der Waals surface area contributed by atoms with Crippen molar-refractivity contribution in [2.75, 3.05) is 6.61 Å². The molecule has 6 aliphatic rings. The molecular formula is C16H19ClO10Si3. The molecule has 6 aliphatic heterocycles. The summed E-state index contributed by atoms with van der Waals surface area (Å²) in [5, 5.41) is 1.02. The molecule has 7 rings (SSSR count). The summed E-state index contributed by atoms with van der Waals surface area (Å²) in [7, 11) is -5.89. The van der Waals surface area contributed by atoms with Gasteiger partial charge in [0.1, 0.15) is 0 Å². The molecular weight excluding hydrogens is 472 g/mol. The Hall–Kier alpha value is -1.27. The molecule has 0 amide bonds. The molecule has 0 saturated carbocycles. The highest BCUT2D eigenvalue weighted by Gasteiger charge is 2.70. The Morgan fingerprint density at radius 1 is 1.10 bits per heavy atom. The number of halogens is 1. The van der Waals surface area contributed by atoms with Gasteiger partial charge in [-0.3, -0.25) is 8.92 Å². The normalized spacial score (nSPS) is 30.7. The number of alkyl halides is 1. The Labute approximate surface area is 181 Å². The SMILES string of the molecule is C=C(C)C(=O)OCCC[Si]12OC(O1)O2.ClCc1ccc([Si]23OC(O2)O3)cc1.O=[Si]=O. The number of rotatable bonds is 7. The molecule has 162 valence electrons. The van der Waals surface area contributed by atoms with Gasteiger partial charge in [-0.25, -0.2) is 4.79 Å². The van der Waals surface area contributed by atoms with Crippen molar-refractivity contribution >= 4 is 49.7 Å². The van der Waals surface area contributed by atoms with E-state index in [0.29, 0.717) is 30.5 Å². The van der Waals surface area contributed by atoms with Gasteiger partial charge in [-0.05, 0) is 18.9 Å². The molecule has 1 aromatic carbocycles. The van der Waals surface area contributed by atoms with E-state index in [4.69, 9.17) is 51.8 Å². The van der Waals surface area contributed by atoms with E-state index in [1.807, 2.05) is 24.3 Å². The van der Waals surface area contributed by atoms with Crippen LogP contribution in [0.15, 0.2) is 36.4 Å². The summed E-state index contributed by atoms with van der Waals surface area (Å²) in [6, 6.07) is 8.56. The van der Waals surface area contributed by atoms with Gasteiger partial charge in [0.15, 0.2) is 0 Å². The summed E-state index contributed by atoms with van der Waals surface area (Å²) >= 11 is 5.67. The third kappa shape index (κ3) is 5.13. The van der Waals surface area contributed by atoms with Gasteiger partial charge < -0.3 is 31.3 Å². The van der Waals surface area contributed by atoms with Crippen molar-refractivity contribution in [2.45, 2.75) is 38.2 Å². The van der Waals surface area contributed by atoms with Gasteiger partial charge in [-0.2, -0.15) is 0 Å². The summed E-state index contributed by atoms with van der Waals surface area (Å²) in [6.07, 6.45) is 0.706. The Balaban J connectivity index is 0.000000152. The van der Waals surface area contributed by atoms with Crippen LogP contribution in [0, 0.1) is 0 Å². The average Bonchev–Trinajstić information content (AvgIpc) is 2.58. The van der Waals surface area contributed by atoms with Gasteiger partial charge in [-0.15, -0.1) is 11.6 Å². The van der Waals surface area contributed by atoms with Gasteiger partial charge in [0.25, 0.3) is 13.0 Å². The lowest BCUT2D eigenvalue weighted by molar-refractivity contribution is -0.393. The lowest BCUT2D eigenvalue weighted by atomic mass is 10.2. The molecule has 10 nitrogen and oxygen atoms in total. The van der Waals surface area contributed by atoms with Crippen LogP contribution in [0.25, 0.3) is 0 Å². The van der Waals surface area contributed by atoms with E-state index in [9.17, 15) is 4.79 Å². The number of carbonyl (C=O) groups is 1. The summed E-state index contributed by atoms with van der Waals surface area (Å²) in [5.41, 5.74) is 1.50. The molecule has 6 fully saturated rings. The monoisotopic (exact) mass is 490 g/mol. The highest BCUT2D eigenvalue weighted by molar-refractivity contribution is 6.79. The predicted molar refractivity (Wildman–Crippen MR) is 104 cm³/mol. The molecule has 14 heteroatoms. The smallest absolute Gasteiger partial charge is 0.462 e. The first-order chi connectivity index (χ1) is 14.3. The summed E-state index contributed by atoms with van der Waals surface area (Å²) in [6.45, 7) is 4.69. The van der Waals surface area contributed by atoms with Crippen molar-refractivity contribution in [1.29, 1.82) is 0 Å². The summed E-state index contributed by atoms with van der Waals surface area (Å²) in [4.78, 5) is 11.0. The maximum Gasteiger partial charge on any atom is 0.549 e. The third-order valence-corrected chi connectivity index (χ3v) is 9.73. The van der Waals surface area contributed by atoms with Gasteiger partial charge in [0.2, 0.25) is 0 Å². The van der Waals surface area contributed by atoms with E-state index in [1.54, 1.807) is 6.92 Å². The van der Waals surface area contributed by atoms with Crippen LogP contribution >= 0.6 is 11.6 Å². The average molecular weight is 491 g/mol. The van der Waals surface area contributed by atoms with Crippen molar-refractivity contribution in [1.82, 2.24) is 0 Å². The van der Waals surface area contributed by atoms with Gasteiger partial charge in [0.05, 0.1) is 6.61 Å². The largest absolute Gasteiger partial charge is 0.549 e. The first kappa shape index (κ1) is 23.4. The first-order valence-corrected chi connectivity index (χ1v) is 13.9. The zero-order valence-electron chi connectivity index (χ0n) is 16.0. The maximum absolute atomic E-state index is 11.0. The molecule has 0 radical (unpaired) electrons. The predicted octanol–water partition coefficient (Wildman–Crippen LogP) is 1.11. The second-order valence-corrected chi connectivity index (χ2v) is 11.9. The molecule has 0 spiro atoms. The van der Waals surface area contributed by atoms with Crippen LogP contribution in [0.5, 0.6) is 0 Å². The van der Waals surface area contributed by atoms with Crippen molar-refractivity contribution < 1.29 is 45.0 Å². The number of esters is 1. The fraction of sp³-hybridized carbons (Fsp3) is 0.438. The highest BCUT2D eigenvalue weighted by Crippen LogP contribution is 2.43. The molecule has 6 saturated heterocycles. The highest BCUT2D eigenvalue weighted by atomic mass is 35.5. The minimum absolute atomic E-state index is 0.355. The van der Waals surface area contributed by atoms with Gasteiger partial charge >= 0.3 is 32.9 Å². The maximum atomic E-state index is 11.0. The first-order valence-electron chi connectivity index (χ1n) is 8.89. The number of hydrogen-bond acceptors (Lipinski definition) is 10. The lowest BCUT2D eigenvalue weighted by Gasteiger charge is -2.55. The zero-order valence-corrected chi connectivity index (χ0v) is 19.7. The van der Waals surface area contributed by atoms with E-state index in [2.05, 4.69) is 6.58 Å². The molecule has 4 bridgehead atoms. The van der Waals surface area contributed by atoms with E-state index in [0.717, 1.165) is 10.8 Å². The van der Waals surface area contributed by atoms with Crippen molar-refractivity contribution in [2.24, 2.45) is 0 Å². The van der Waals surface area contributed by atoms with Crippen LogP contribution in [0.2, 0.25) is 6.04 Å². The Kier molecular flexibility index (Phi) is 7.72. The van der Waals surface area contributed by atoms with E-state index < -0.39 is 26.9 Å². The van der Waals surface area contributed by atoms with Crippen LogP contribution in [-0.2, 0) is 50.9 Å². The van der Waals surface area contributed by atoms with Crippen molar-refractivity contribution in [3.63, 3.8) is 0 Å². The number of benzene rings is 1. The lowest BCUT2D eigenvalue weighted by Crippen LogP contribution is -2.82. The third-order valence-electron chi connectivity index (χ3n) is 4.25. The van der Waals surface area contributed by atoms with Crippen LogP contribution in [0.4, 0.5) is 0 Å². The van der Waals surface area contributed by atoms with E-state index in [-0.39, 0.29) is 18.9 Å². The summed E-state index contributed by atoms with van der Waals surface area (Å²) < 4.78 is 53.3. The Morgan fingerprint density at radius 2 is 1.63 bits per heavy atom. The molecule has 0 unspecified atom stereocenters. The van der Waals surface area contributed by atoms with E-state index >= 15 is 0 Å².